The summed E-state index contributed by atoms with van der Waals surface area (Å²) in [5.41, 5.74) is 4.14. The van der Waals surface area contributed by atoms with E-state index in [-0.39, 0.29) is 5.92 Å². The number of hydrogen-bond donors (Lipinski definition) is 0. The van der Waals surface area contributed by atoms with Gasteiger partial charge in [0.05, 0.1) is 16.8 Å². The summed E-state index contributed by atoms with van der Waals surface area (Å²) in [6, 6.07) is 10.3. The summed E-state index contributed by atoms with van der Waals surface area (Å²) in [5, 5.41) is 19.9. The van der Waals surface area contributed by atoms with Crippen LogP contribution in [-0.4, -0.2) is 34.6 Å². The lowest BCUT2D eigenvalue weighted by Crippen LogP contribution is -2.03. The number of aryl methyl sites for hydroxylation is 2. The highest BCUT2D eigenvalue weighted by Gasteiger charge is 2.20. The number of pyridine rings is 1. The molecule has 5 aromatic rings. The highest BCUT2D eigenvalue weighted by atomic mass is 32.1. The average Bonchev–Trinajstić information content (AvgIpc) is 3.34. The van der Waals surface area contributed by atoms with Crippen LogP contribution in [0.2, 0.25) is 0 Å². The van der Waals surface area contributed by atoms with Crippen molar-refractivity contribution in [1.82, 2.24) is 34.6 Å². The van der Waals surface area contributed by atoms with Gasteiger partial charge in [0, 0.05) is 30.7 Å². The van der Waals surface area contributed by atoms with Crippen LogP contribution in [0.15, 0.2) is 42.7 Å². The molecule has 0 aliphatic heterocycles. The lowest BCUT2D eigenvalue weighted by Gasteiger charge is -2.10. The Morgan fingerprint density at radius 1 is 1.11 bits per heavy atom. The molecule has 0 N–H and O–H groups in total. The minimum absolute atomic E-state index is 0.0644. The smallest absolute Gasteiger partial charge is 0.235 e. The minimum atomic E-state index is 0.0644. The molecule has 1 atom stereocenters. The fraction of sp³-hybridized carbons (Fsp3) is 0.211. The van der Waals surface area contributed by atoms with E-state index >= 15 is 0 Å². The van der Waals surface area contributed by atoms with Crippen LogP contribution < -0.4 is 0 Å². The first-order chi connectivity index (χ1) is 13.1. The normalized spacial score (nSPS) is 12.9. The zero-order valence-corrected chi connectivity index (χ0v) is 16.0. The van der Waals surface area contributed by atoms with Gasteiger partial charge in [0.25, 0.3) is 0 Å². The molecule has 0 aliphatic carbocycles. The predicted molar refractivity (Wildman–Crippen MR) is 105 cm³/mol. The molecule has 0 unspecified atom stereocenters. The van der Waals surface area contributed by atoms with Crippen LogP contribution in [0, 0.1) is 6.92 Å². The van der Waals surface area contributed by atoms with Crippen LogP contribution in [0.4, 0.5) is 0 Å². The van der Waals surface area contributed by atoms with Crippen LogP contribution in [0.5, 0.6) is 0 Å². The van der Waals surface area contributed by atoms with Crippen molar-refractivity contribution in [3.63, 3.8) is 0 Å². The molecule has 0 fully saturated rings. The van der Waals surface area contributed by atoms with Crippen molar-refractivity contribution in [2.24, 2.45) is 7.05 Å². The molecule has 4 heterocycles. The Morgan fingerprint density at radius 2 is 2.00 bits per heavy atom. The summed E-state index contributed by atoms with van der Waals surface area (Å²) in [6.45, 7) is 4.12. The van der Waals surface area contributed by atoms with E-state index in [9.17, 15) is 0 Å². The van der Waals surface area contributed by atoms with Gasteiger partial charge in [0.1, 0.15) is 0 Å². The lowest BCUT2D eigenvalue weighted by atomic mass is 9.99. The molecule has 4 aromatic heterocycles. The van der Waals surface area contributed by atoms with Crippen molar-refractivity contribution in [3.05, 3.63) is 59.8 Å². The van der Waals surface area contributed by atoms with Gasteiger partial charge in [0.2, 0.25) is 4.96 Å². The number of aromatic nitrogens is 7. The third-order valence-corrected chi connectivity index (χ3v) is 5.71. The summed E-state index contributed by atoms with van der Waals surface area (Å²) < 4.78 is 3.66. The molecule has 0 aliphatic rings. The van der Waals surface area contributed by atoms with Gasteiger partial charge in [-0.25, -0.2) is 0 Å². The highest BCUT2D eigenvalue weighted by Crippen LogP contribution is 2.31. The zero-order valence-electron chi connectivity index (χ0n) is 15.2. The molecule has 0 saturated carbocycles. The van der Waals surface area contributed by atoms with E-state index in [4.69, 9.17) is 5.10 Å². The van der Waals surface area contributed by atoms with Crippen molar-refractivity contribution < 1.29 is 0 Å². The Morgan fingerprint density at radius 3 is 2.81 bits per heavy atom. The van der Waals surface area contributed by atoms with Crippen molar-refractivity contribution >= 4 is 27.2 Å². The van der Waals surface area contributed by atoms with Crippen molar-refractivity contribution in [2.45, 2.75) is 19.8 Å². The summed E-state index contributed by atoms with van der Waals surface area (Å²) in [5.74, 6) is 0.895. The Hall–Kier alpha value is -3.13. The molecule has 0 radical (unpaired) electrons. The Kier molecular flexibility index (Phi) is 3.54. The van der Waals surface area contributed by atoms with Crippen LogP contribution in [0.3, 0.4) is 0 Å². The fourth-order valence-electron chi connectivity index (χ4n) is 3.33. The molecule has 1 aromatic carbocycles. The largest absolute Gasteiger partial charge is 0.275 e. The predicted octanol–water partition coefficient (Wildman–Crippen LogP) is 3.59. The van der Waals surface area contributed by atoms with Crippen LogP contribution in [0.25, 0.3) is 26.4 Å². The maximum atomic E-state index is 4.77. The number of nitrogens with zero attached hydrogens (tertiary/aromatic N) is 7. The number of rotatable bonds is 3. The average molecular weight is 375 g/mol. The Balaban J connectivity index is 1.58. The minimum Gasteiger partial charge on any atom is -0.275 e. The van der Waals surface area contributed by atoms with Gasteiger partial charge in [-0.2, -0.15) is 14.7 Å². The van der Waals surface area contributed by atoms with Crippen LogP contribution >= 0.6 is 11.3 Å². The third kappa shape index (κ3) is 2.60. The van der Waals surface area contributed by atoms with Gasteiger partial charge < -0.3 is 0 Å². The summed E-state index contributed by atoms with van der Waals surface area (Å²) >= 11 is 1.53. The standard InChI is InChI=1S/C19H17N7S/c1-11(13-6-7-16-14(9-13)5-4-8-20-16)17-21-22-19-26(17)24-18(27-19)15-10-25(3)23-12(15)2/h4-11H,1-3H3/t11-/m1/s1. The molecule has 27 heavy (non-hydrogen) atoms. The lowest BCUT2D eigenvalue weighted by molar-refractivity contribution is 0.756. The quantitative estimate of drug-likeness (QED) is 0.482. The fourth-order valence-corrected chi connectivity index (χ4v) is 4.24. The Labute approximate surface area is 159 Å². The second-order valence-electron chi connectivity index (χ2n) is 6.64. The van der Waals surface area contributed by atoms with Gasteiger partial charge in [-0.3, -0.25) is 9.67 Å². The van der Waals surface area contributed by atoms with E-state index in [1.807, 2.05) is 43.0 Å². The van der Waals surface area contributed by atoms with Crippen LogP contribution in [0.1, 0.15) is 29.9 Å². The molecular weight excluding hydrogens is 358 g/mol. The van der Waals surface area contributed by atoms with Crippen molar-refractivity contribution in [2.75, 3.05) is 0 Å². The van der Waals surface area contributed by atoms with E-state index in [1.165, 1.54) is 11.3 Å². The summed E-state index contributed by atoms with van der Waals surface area (Å²) in [6.07, 6.45) is 3.80. The summed E-state index contributed by atoms with van der Waals surface area (Å²) in [4.78, 5) is 5.18. The van der Waals surface area contributed by atoms with E-state index in [2.05, 4.69) is 45.4 Å². The molecule has 0 bridgehead atoms. The first-order valence-electron chi connectivity index (χ1n) is 8.67. The number of benzene rings is 1. The first kappa shape index (κ1) is 16.1. The summed E-state index contributed by atoms with van der Waals surface area (Å²) in [7, 11) is 1.92. The molecule has 0 saturated heterocycles. The molecule has 0 amide bonds. The second-order valence-corrected chi connectivity index (χ2v) is 7.59. The van der Waals surface area contributed by atoms with Gasteiger partial charge in [-0.15, -0.1) is 10.2 Å². The molecule has 134 valence electrons. The molecule has 0 spiro atoms. The maximum absolute atomic E-state index is 4.77. The SMILES string of the molecule is Cc1nn(C)cc1-c1nn2c([C@H](C)c3ccc4ncccc4c3)nnc2s1. The van der Waals surface area contributed by atoms with Gasteiger partial charge in [0.15, 0.2) is 10.8 Å². The molecule has 7 nitrogen and oxygen atoms in total. The second kappa shape index (κ2) is 5.95. The van der Waals surface area contributed by atoms with Gasteiger partial charge in [-0.05, 0) is 30.7 Å². The van der Waals surface area contributed by atoms with E-state index in [0.717, 1.165) is 43.5 Å². The van der Waals surface area contributed by atoms with Gasteiger partial charge in [-0.1, -0.05) is 30.4 Å². The molecule has 8 heteroatoms. The first-order valence-corrected chi connectivity index (χ1v) is 9.49. The van der Waals surface area contributed by atoms with Crippen molar-refractivity contribution in [3.8, 4) is 10.6 Å². The number of hydrogen-bond acceptors (Lipinski definition) is 6. The Bertz CT molecular complexity index is 1280. The van der Waals surface area contributed by atoms with Gasteiger partial charge >= 0.3 is 0 Å². The highest BCUT2D eigenvalue weighted by molar-refractivity contribution is 7.19. The van der Waals surface area contributed by atoms with E-state index in [0.29, 0.717) is 0 Å². The monoisotopic (exact) mass is 375 g/mol. The topological polar surface area (TPSA) is 73.8 Å². The maximum Gasteiger partial charge on any atom is 0.235 e. The third-order valence-electron chi connectivity index (χ3n) is 4.77. The number of fused-ring (bicyclic) bond motifs is 2. The molecule has 5 rings (SSSR count). The van der Waals surface area contributed by atoms with Crippen LogP contribution in [-0.2, 0) is 7.05 Å². The molecular formula is C19H17N7S. The van der Waals surface area contributed by atoms with E-state index in [1.54, 1.807) is 4.68 Å². The van der Waals surface area contributed by atoms with E-state index < -0.39 is 0 Å². The van der Waals surface area contributed by atoms with Crippen molar-refractivity contribution in [1.29, 1.82) is 0 Å². The zero-order chi connectivity index (χ0) is 18.5.